The molecule has 1 saturated heterocycles. The molecule has 1 fully saturated rings. The summed E-state index contributed by atoms with van der Waals surface area (Å²) in [6.45, 7) is 10.9. The third-order valence-corrected chi connectivity index (χ3v) is 4.35. The maximum absolute atomic E-state index is 12.9. The van der Waals surface area contributed by atoms with E-state index >= 15 is 0 Å². The minimum absolute atomic E-state index is 0.0428. The van der Waals surface area contributed by atoms with Crippen LogP contribution in [-0.2, 0) is 4.74 Å². The Hall–Kier alpha value is -2.15. The largest absolute Gasteiger partial charge is 0.466 e. The number of morpholine rings is 1. The summed E-state index contributed by atoms with van der Waals surface area (Å²) >= 11 is 0. The van der Waals surface area contributed by atoms with Crippen molar-refractivity contribution in [1.29, 1.82) is 0 Å². The SMILES string of the molecule is Cc1oc(C)c(C(=O)N2CCOC(c3nnc(C(C)C)o3)C2)c1C. The van der Waals surface area contributed by atoms with Crippen molar-refractivity contribution in [1.82, 2.24) is 15.1 Å². The molecule has 1 atom stereocenters. The van der Waals surface area contributed by atoms with Gasteiger partial charge in [0, 0.05) is 18.0 Å². The van der Waals surface area contributed by atoms with Gasteiger partial charge < -0.3 is 18.5 Å². The van der Waals surface area contributed by atoms with Crippen molar-refractivity contribution in [3.63, 3.8) is 0 Å². The van der Waals surface area contributed by atoms with Crippen molar-refractivity contribution in [2.24, 2.45) is 0 Å². The molecule has 0 saturated carbocycles. The number of rotatable bonds is 3. The summed E-state index contributed by atoms with van der Waals surface area (Å²) in [5.74, 6) is 2.55. The lowest BCUT2D eigenvalue weighted by Gasteiger charge is -2.31. The summed E-state index contributed by atoms with van der Waals surface area (Å²) < 4.78 is 17.0. The summed E-state index contributed by atoms with van der Waals surface area (Å²) in [5, 5.41) is 8.10. The van der Waals surface area contributed by atoms with Gasteiger partial charge in [0.15, 0.2) is 6.10 Å². The fourth-order valence-electron chi connectivity index (χ4n) is 2.86. The molecule has 1 unspecified atom stereocenters. The van der Waals surface area contributed by atoms with Crippen molar-refractivity contribution in [2.45, 2.75) is 46.6 Å². The van der Waals surface area contributed by atoms with Crippen molar-refractivity contribution < 1.29 is 18.4 Å². The number of amides is 1. The van der Waals surface area contributed by atoms with Crippen LogP contribution in [0.25, 0.3) is 0 Å². The molecule has 7 nitrogen and oxygen atoms in total. The van der Waals surface area contributed by atoms with Crippen LogP contribution in [0.5, 0.6) is 0 Å². The van der Waals surface area contributed by atoms with E-state index in [2.05, 4.69) is 10.2 Å². The minimum atomic E-state index is -0.392. The van der Waals surface area contributed by atoms with Gasteiger partial charge in [-0.1, -0.05) is 13.8 Å². The van der Waals surface area contributed by atoms with Crippen LogP contribution in [0.15, 0.2) is 8.83 Å². The van der Waals surface area contributed by atoms with E-state index in [0.717, 1.165) is 11.3 Å². The molecule has 0 radical (unpaired) electrons. The van der Waals surface area contributed by atoms with Gasteiger partial charge in [-0.25, -0.2) is 0 Å². The fourth-order valence-corrected chi connectivity index (χ4v) is 2.86. The quantitative estimate of drug-likeness (QED) is 0.859. The number of furan rings is 1. The van der Waals surface area contributed by atoms with E-state index in [9.17, 15) is 4.79 Å². The Labute approximate surface area is 141 Å². The summed E-state index contributed by atoms with van der Waals surface area (Å²) in [5.41, 5.74) is 1.53. The van der Waals surface area contributed by atoms with Crippen LogP contribution in [0, 0.1) is 20.8 Å². The predicted octanol–water partition coefficient (Wildman–Crippen LogP) is 2.92. The first-order valence-corrected chi connectivity index (χ1v) is 8.19. The molecule has 2 aromatic heterocycles. The lowest BCUT2D eigenvalue weighted by Crippen LogP contribution is -2.42. The van der Waals surface area contributed by atoms with Gasteiger partial charge in [0.2, 0.25) is 11.8 Å². The summed E-state index contributed by atoms with van der Waals surface area (Å²) in [6, 6.07) is 0. The number of carbonyl (C=O) groups is 1. The first-order chi connectivity index (χ1) is 11.4. The van der Waals surface area contributed by atoms with E-state index in [1.165, 1.54) is 0 Å². The normalized spacial score (nSPS) is 18.4. The second-order valence-electron chi connectivity index (χ2n) is 6.46. The number of aromatic nitrogens is 2. The maximum atomic E-state index is 12.9. The zero-order valence-corrected chi connectivity index (χ0v) is 14.8. The molecule has 0 aliphatic carbocycles. The van der Waals surface area contributed by atoms with E-state index in [1.54, 1.807) is 4.90 Å². The molecular weight excluding hydrogens is 310 g/mol. The van der Waals surface area contributed by atoms with Gasteiger partial charge in [0.05, 0.1) is 18.7 Å². The number of nitrogens with zero attached hydrogens (tertiary/aromatic N) is 3. The highest BCUT2D eigenvalue weighted by Crippen LogP contribution is 2.27. The van der Waals surface area contributed by atoms with Crippen molar-refractivity contribution in [3.8, 4) is 0 Å². The molecule has 3 heterocycles. The van der Waals surface area contributed by atoms with Crippen LogP contribution < -0.4 is 0 Å². The second kappa shape index (κ2) is 6.39. The van der Waals surface area contributed by atoms with Crippen LogP contribution >= 0.6 is 0 Å². The van der Waals surface area contributed by atoms with Crippen molar-refractivity contribution >= 4 is 5.91 Å². The maximum Gasteiger partial charge on any atom is 0.257 e. The Kier molecular flexibility index (Phi) is 4.45. The second-order valence-corrected chi connectivity index (χ2v) is 6.46. The van der Waals surface area contributed by atoms with Gasteiger partial charge in [-0.15, -0.1) is 10.2 Å². The molecule has 3 rings (SSSR count). The first-order valence-electron chi connectivity index (χ1n) is 8.19. The van der Waals surface area contributed by atoms with Gasteiger partial charge >= 0.3 is 0 Å². The molecule has 1 amide bonds. The fraction of sp³-hybridized carbons (Fsp3) is 0.588. The van der Waals surface area contributed by atoms with Crippen LogP contribution in [0.2, 0.25) is 0 Å². The Morgan fingerprint density at radius 3 is 2.50 bits per heavy atom. The molecule has 0 N–H and O–H groups in total. The predicted molar refractivity (Wildman–Crippen MR) is 85.9 cm³/mol. The Bertz CT molecular complexity index is 747. The number of aryl methyl sites for hydroxylation is 2. The first kappa shape index (κ1) is 16.7. The molecule has 1 aliphatic rings. The Balaban J connectivity index is 1.78. The minimum Gasteiger partial charge on any atom is -0.466 e. The molecule has 2 aromatic rings. The zero-order chi connectivity index (χ0) is 17.4. The average Bonchev–Trinajstić information content (AvgIpc) is 3.13. The number of hydrogen-bond donors (Lipinski definition) is 0. The van der Waals surface area contributed by atoms with Crippen LogP contribution in [0.4, 0.5) is 0 Å². The third-order valence-electron chi connectivity index (χ3n) is 4.35. The monoisotopic (exact) mass is 333 g/mol. The molecule has 0 spiro atoms. The van der Waals surface area contributed by atoms with Gasteiger partial charge in [0.25, 0.3) is 5.91 Å². The standard InChI is InChI=1S/C17H23N3O4/c1-9(2)15-18-19-16(24-15)13-8-20(6-7-22-13)17(21)14-10(3)11(4)23-12(14)5/h9,13H,6-8H2,1-5H3. The molecule has 0 bridgehead atoms. The van der Waals surface area contributed by atoms with Gasteiger partial charge in [-0.05, 0) is 20.8 Å². The van der Waals surface area contributed by atoms with Gasteiger partial charge in [-0.2, -0.15) is 0 Å². The zero-order valence-electron chi connectivity index (χ0n) is 14.8. The average molecular weight is 333 g/mol. The van der Waals surface area contributed by atoms with Crippen LogP contribution in [-0.4, -0.2) is 40.7 Å². The molecule has 24 heavy (non-hydrogen) atoms. The topological polar surface area (TPSA) is 81.6 Å². The van der Waals surface area contributed by atoms with Crippen LogP contribution in [0.3, 0.4) is 0 Å². The van der Waals surface area contributed by atoms with Gasteiger partial charge in [-0.3, -0.25) is 4.79 Å². The third kappa shape index (κ3) is 2.96. The highest BCUT2D eigenvalue weighted by Gasteiger charge is 2.32. The highest BCUT2D eigenvalue weighted by atomic mass is 16.5. The Morgan fingerprint density at radius 2 is 1.92 bits per heavy atom. The van der Waals surface area contributed by atoms with Crippen molar-refractivity contribution in [3.05, 3.63) is 34.4 Å². The summed E-state index contributed by atoms with van der Waals surface area (Å²) in [7, 11) is 0. The highest BCUT2D eigenvalue weighted by molar-refractivity contribution is 5.97. The molecular formula is C17H23N3O4. The van der Waals surface area contributed by atoms with E-state index in [0.29, 0.717) is 42.8 Å². The number of ether oxygens (including phenoxy) is 1. The van der Waals surface area contributed by atoms with Gasteiger partial charge in [0.1, 0.15) is 11.5 Å². The molecule has 7 heteroatoms. The van der Waals surface area contributed by atoms with E-state index in [-0.39, 0.29) is 11.8 Å². The van der Waals surface area contributed by atoms with E-state index in [1.807, 2.05) is 34.6 Å². The Morgan fingerprint density at radius 1 is 1.17 bits per heavy atom. The summed E-state index contributed by atoms with van der Waals surface area (Å²) in [6.07, 6.45) is -0.392. The summed E-state index contributed by atoms with van der Waals surface area (Å²) in [4.78, 5) is 14.7. The smallest absolute Gasteiger partial charge is 0.257 e. The number of hydrogen-bond acceptors (Lipinski definition) is 6. The molecule has 1 aliphatic heterocycles. The van der Waals surface area contributed by atoms with E-state index in [4.69, 9.17) is 13.6 Å². The molecule has 0 aromatic carbocycles. The lowest BCUT2D eigenvalue weighted by molar-refractivity contribution is -0.0351. The number of carbonyl (C=O) groups excluding carboxylic acids is 1. The molecule has 130 valence electrons. The van der Waals surface area contributed by atoms with E-state index < -0.39 is 6.10 Å². The van der Waals surface area contributed by atoms with Crippen LogP contribution in [0.1, 0.15) is 65.1 Å². The van der Waals surface area contributed by atoms with Crippen molar-refractivity contribution in [2.75, 3.05) is 19.7 Å². The lowest BCUT2D eigenvalue weighted by atomic mass is 10.1.